The first-order chi connectivity index (χ1) is 8.10. The van der Waals surface area contributed by atoms with Crippen molar-refractivity contribution in [3.63, 3.8) is 0 Å². The van der Waals surface area contributed by atoms with Gasteiger partial charge < -0.3 is 20.6 Å². The zero-order valence-corrected chi connectivity index (χ0v) is 10.3. The van der Waals surface area contributed by atoms with E-state index in [1.807, 2.05) is 24.9 Å². The predicted octanol–water partition coefficient (Wildman–Crippen LogP) is 0.647. The first-order valence-corrected chi connectivity index (χ1v) is 5.25. The molecule has 0 spiro atoms. The molecule has 1 aromatic heterocycles. The Balaban J connectivity index is 2.80. The number of ether oxygens (including phenoxy) is 1. The predicted molar refractivity (Wildman–Crippen MR) is 66.5 cm³/mol. The fraction of sp³-hybridized carbons (Fsp3) is 0.455. The second-order valence-electron chi connectivity index (χ2n) is 3.81. The van der Waals surface area contributed by atoms with Crippen LogP contribution in [0.15, 0.2) is 23.5 Å². The van der Waals surface area contributed by atoms with Crippen LogP contribution < -0.4 is 10.6 Å². The van der Waals surface area contributed by atoms with Crippen molar-refractivity contribution >= 4 is 11.7 Å². The van der Waals surface area contributed by atoms with Crippen LogP contribution in [0, 0.1) is 0 Å². The number of anilines is 1. The van der Waals surface area contributed by atoms with Crippen molar-refractivity contribution in [2.45, 2.75) is 13.0 Å². The number of aromatic nitrogens is 1. The minimum absolute atomic E-state index is 0.0524. The third kappa shape index (κ3) is 3.32. The summed E-state index contributed by atoms with van der Waals surface area (Å²) in [6, 6.07) is 3.80. The minimum atomic E-state index is 0.0524. The van der Waals surface area contributed by atoms with Crippen molar-refractivity contribution in [2.75, 3.05) is 25.7 Å². The third-order valence-corrected chi connectivity index (χ3v) is 2.58. The molecule has 94 valence electrons. The molecule has 0 saturated heterocycles. The Morgan fingerprint density at radius 3 is 2.82 bits per heavy atom. The zero-order chi connectivity index (χ0) is 12.8. The molecule has 1 heterocycles. The molecule has 0 aliphatic carbocycles. The van der Waals surface area contributed by atoms with Gasteiger partial charge in [-0.1, -0.05) is 5.16 Å². The van der Waals surface area contributed by atoms with Gasteiger partial charge in [0.15, 0.2) is 5.84 Å². The molecule has 1 aromatic rings. The van der Waals surface area contributed by atoms with Gasteiger partial charge in [0.05, 0.1) is 12.6 Å². The molecule has 1 atom stereocenters. The van der Waals surface area contributed by atoms with Crippen LogP contribution in [-0.2, 0) is 4.74 Å². The van der Waals surface area contributed by atoms with Crippen LogP contribution in [0.25, 0.3) is 0 Å². The molecule has 0 saturated carbocycles. The molecule has 1 unspecified atom stereocenters. The Morgan fingerprint density at radius 2 is 2.35 bits per heavy atom. The topological polar surface area (TPSA) is 84.0 Å². The summed E-state index contributed by atoms with van der Waals surface area (Å²) >= 11 is 0. The molecule has 1 rings (SSSR count). The molecule has 17 heavy (non-hydrogen) atoms. The SMILES string of the molecule is COCC(C)N(C)c1ccc(/C(N)=N/O)cn1. The molecule has 6 nitrogen and oxygen atoms in total. The van der Waals surface area contributed by atoms with Crippen LogP contribution >= 0.6 is 0 Å². The van der Waals surface area contributed by atoms with E-state index in [1.54, 1.807) is 19.4 Å². The van der Waals surface area contributed by atoms with E-state index in [1.165, 1.54) is 0 Å². The average Bonchev–Trinajstić information content (AvgIpc) is 2.37. The first-order valence-electron chi connectivity index (χ1n) is 5.25. The number of rotatable bonds is 5. The van der Waals surface area contributed by atoms with Crippen LogP contribution in [0.1, 0.15) is 12.5 Å². The van der Waals surface area contributed by atoms with Gasteiger partial charge in [0.25, 0.3) is 0 Å². The van der Waals surface area contributed by atoms with Crippen molar-refractivity contribution < 1.29 is 9.94 Å². The fourth-order valence-corrected chi connectivity index (χ4v) is 1.38. The highest BCUT2D eigenvalue weighted by Crippen LogP contribution is 2.12. The van der Waals surface area contributed by atoms with Gasteiger partial charge in [-0.3, -0.25) is 0 Å². The second-order valence-corrected chi connectivity index (χ2v) is 3.81. The Bertz CT molecular complexity index is 378. The Morgan fingerprint density at radius 1 is 1.65 bits per heavy atom. The molecule has 0 bridgehead atoms. The summed E-state index contributed by atoms with van der Waals surface area (Å²) in [4.78, 5) is 6.25. The second kappa shape index (κ2) is 6.05. The van der Waals surface area contributed by atoms with E-state index < -0.39 is 0 Å². The van der Waals surface area contributed by atoms with Crippen molar-refractivity contribution in [3.8, 4) is 0 Å². The van der Waals surface area contributed by atoms with E-state index in [4.69, 9.17) is 15.7 Å². The molecular weight excluding hydrogens is 220 g/mol. The molecule has 0 fully saturated rings. The summed E-state index contributed by atoms with van der Waals surface area (Å²) in [6.07, 6.45) is 1.57. The van der Waals surface area contributed by atoms with Crippen LogP contribution in [0.3, 0.4) is 0 Å². The lowest BCUT2D eigenvalue weighted by Gasteiger charge is -2.25. The maximum absolute atomic E-state index is 8.53. The number of methoxy groups -OCH3 is 1. The largest absolute Gasteiger partial charge is 0.409 e. The van der Waals surface area contributed by atoms with E-state index in [9.17, 15) is 0 Å². The van der Waals surface area contributed by atoms with Crippen molar-refractivity contribution in [3.05, 3.63) is 23.9 Å². The van der Waals surface area contributed by atoms with E-state index in [2.05, 4.69) is 10.1 Å². The summed E-state index contributed by atoms with van der Waals surface area (Å²) in [5.74, 6) is 0.862. The lowest BCUT2D eigenvalue weighted by atomic mass is 10.2. The van der Waals surface area contributed by atoms with E-state index in [0.717, 1.165) is 5.82 Å². The summed E-state index contributed by atoms with van der Waals surface area (Å²) in [7, 11) is 3.61. The van der Waals surface area contributed by atoms with E-state index >= 15 is 0 Å². The van der Waals surface area contributed by atoms with E-state index in [0.29, 0.717) is 12.2 Å². The summed E-state index contributed by atoms with van der Waals surface area (Å²) in [6.45, 7) is 2.67. The number of nitrogens with two attached hydrogens (primary N) is 1. The quantitative estimate of drug-likeness (QED) is 0.340. The highest BCUT2D eigenvalue weighted by Gasteiger charge is 2.11. The number of hydrogen-bond acceptors (Lipinski definition) is 5. The summed E-state index contributed by atoms with van der Waals surface area (Å²) in [5, 5.41) is 11.5. The Hall–Kier alpha value is -1.82. The molecule has 0 amide bonds. The van der Waals surface area contributed by atoms with Crippen molar-refractivity contribution in [1.29, 1.82) is 0 Å². The van der Waals surface area contributed by atoms with Gasteiger partial charge in [-0.2, -0.15) is 0 Å². The summed E-state index contributed by atoms with van der Waals surface area (Å²) < 4.78 is 5.08. The maximum Gasteiger partial charge on any atom is 0.171 e. The molecule has 0 radical (unpaired) electrons. The van der Waals surface area contributed by atoms with Gasteiger partial charge in [-0.25, -0.2) is 4.98 Å². The minimum Gasteiger partial charge on any atom is -0.409 e. The van der Waals surface area contributed by atoms with Crippen molar-refractivity contribution in [2.24, 2.45) is 10.9 Å². The van der Waals surface area contributed by atoms with Gasteiger partial charge in [0, 0.05) is 25.9 Å². The van der Waals surface area contributed by atoms with Crippen LogP contribution in [-0.4, -0.2) is 42.8 Å². The average molecular weight is 238 g/mol. The fourth-order valence-electron chi connectivity index (χ4n) is 1.38. The molecular formula is C11H18N4O2. The Kier molecular flexibility index (Phi) is 4.71. The number of hydrogen-bond donors (Lipinski definition) is 2. The van der Waals surface area contributed by atoms with Crippen molar-refractivity contribution in [1.82, 2.24) is 4.98 Å². The standard InChI is InChI=1S/C11H18N4O2/c1-8(7-17-3)15(2)10-5-4-9(6-13-10)11(12)14-16/h4-6,8,16H,7H2,1-3H3,(H2,12,14). The highest BCUT2D eigenvalue weighted by molar-refractivity contribution is 5.96. The molecule has 0 aliphatic rings. The Labute approximate surface area is 101 Å². The number of pyridine rings is 1. The lowest BCUT2D eigenvalue weighted by Crippen LogP contribution is -2.33. The van der Waals surface area contributed by atoms with Gasteiger partial charge >= 0.3 is 0 Å². The maximum atomic E-state index is 8.53. The number of likely N-dealkylation sites (N-methyl/N-ethyl adjacent to an activating group) is 1. The van der Waals surface area contributed by atoms with Gasteiger partial charge in [-0.15, -0.1) is 0 Å². The summed E-state index contributed by atoms with van der Waals surface area (Å²) in [5.41, 5.74) is 6.04. The first kappa shape index (κ1) is 13.2. The van der Waals surface area contributed by atoms with E-state index in [-0.39, 0.29) is 11.9 Å². The lowest BCUT2D eigenvalue weighted by molar-refractivity contribution is 0.183. The molecule has 0 aliphatic heterocycles. The number of nitrogens with zero attached hydrogens (tertiary/aromatic N) is 3. The van der Waals surface area contributed by atoms with Crippen LogP contribution in [0.4, 0.5) is 5.82 Å². The number of amidine groups is 1. The molecule has 3 N–H and O–H groups in total. The van der Waals surface area contributed by atoms with Gasteiger partial charge in [-0.05, 0) is 19.1 Å². The smallest absolute Gasteiger partial charge is 0.171 e. The number of oxime groups is 1. The highest BCUT2D eigenvalue weighted by atomic mass is 16.5. The van der Waals surface area contributed by atoms with Gasteiger partial charge in [0.2, 0.25) is 0 Å². The third-order valence-electron chi connectivity index (χ3n) is 2.58. The monoisotopic (exact) mass is 238 g/mol. The molecule has 6 heteroatoms. The van der Waals surface area contributed by atoms with Crippen LogP contribution in [0.2, 0.25) is 0 Å². The zero-order valence-electron chi connectivity index (χ0n) is 10.3. The molecule has 0 aromatic carbocycles. The van der Waals surface area contributed by atoms with Crippen LogP contribution in [0.5, 0.6) is 0 Å². The van der Waals surface area contributed by atoms with Gasteiger partial charge in [0.1, 0.15) is 5.82 Å². The normalized spacial score (nSPS) is 13.5.